The minimum atomic E-state index is -4.64. The molecule has 0 aromatic rings. The molecule has 0 fully saturated rings. The summed E-state index contributed by atoms with van der Waals surface area (Å²) in [5, 5.41) is 0. The van der Waals surface area contributed by atoms with E-state index >= 15 is 0 Å². The second kappa shape index (κ2) is 39.9. The molecule has 0 aliphatic carbocycles. The van der Waals surface area contributed by atoms with Crippen LogP contribution in [0.5, 0.6) is 0 Å². The Morgan fingerprint density at radius 2 is 0.983 bits per heavy atom. The molecule has 0 rings (SSSR count). The molecule has 0 aromatic heterocycles. The van der Waals surface area contributed by atoms with Gasteiger partial charge in [0.15, 0.2) is 6.10 Å². The smallest absolute Gasteiger partial charge is 0.306 e. The van der Waals surface area contributed by atoms with Gasteiger partial charge in [-0.25, -0.2) is 0 Å². The van der Waals surface area contributed by atoms with Gasteiger partial charge < -0.3 is 27.9 Å². The molecule has 0 bridgehead atoms. The monoisotopic (exact) mass is 834 g/mol. The summed E-state index contributed by atoms with van der Waals surface area (Å²) in [6.07, 6.45) is 49.2. The van der Waals surface area contributed by atoms with Gasteiger partial charge in [-0.2, -0.15) is 0 Å². The van der Waals surface area contributed by atoms with Gasteiger partial charge in [-0.05, 0) is 83.5 Å². The Labute approximate surface area is 355 Å². The molecule has 0 N–H and O–H groups in total. The average molecular weight is 834 g/mol. The lowest BCUT2D eigenvalue weighted by Crippen LogP contribution is -2.37. The van der Waals surface area contributed by atoms with E-state index < -0.39 is 32.5 Å². The fraction of sp³-hybridized carbons (Fsp3) is 0.708. The van der Waals surface area contributed by atoms with Gasteiger partial charge in [-0.1, -0.05) is 145 Å². The summed E-state index contributed by atoms with van der Waals surface area (Å²) in [5.74, 6) is -0.883. The van der Waals surface area contributed by atoms with Crippen molar-refractivity contribution in [2.45, 2.75) is 174 Å². The number of nitrogens with zero attached hydrogens (tertiary/aromatic N) is 1. The van der Waals surface area contributed by atoms with E-state index in [-0.39, 0.29) is 26.1 Å². The van der Waals surface area contributed by atoms with E-state index in [0.29, 0.717) is 17.4 Å². The second-order valence-electron chi connectivity index (χ2n) is 16.0. The van der Waals surface area contributed by atoms with Crippen molar-refractivity contribution in [3.8, 4) is 0 Å². The van der Waals surface area contributed by atoms with Crippen LogP contribution >= 0.6 is 7.82 Å². The third-order valence-corrected chi connectivity index (χ3v) is 10.2. The lowest BCUT2D eigenvalue weighted by atomic mass is 10.1. The van der Waals surface area contributed by atoms with Crippen molar-refractivity contribution in [1.82, 2.24) is 0 Å². The van der Waals surface area contributed by atoms with Crippen LogP contribution in [0.4, 0.5) is 0 Å². The zero-order chi connectivity index (χ0) is 42.8. The van der Waals surface area contributed by atoms with E-state index in [0.717, 1.165) is 83.5 Å². The minimum absolute atomic E-state index is 0.0417. The molecule has 334 valence electrons. The van der Waals surface area contributed by atoms with Crippen molar-refractivity contribution in [2.24, 2.45) is 0 Å². The summed E-state index contributed by atoms with van der Waals surface area (Å²) in [4.78, 5) is 37.6. The van der Waals surface area contributed by atoms with Gasteiger partial charge in [0.2, 0.25) is 0 Å². The summed E-state index contributed by atoms with van der Waals surface area (Å²) in [6.45, 7) is 4.04. The Morgan fingerprint density at radius 3 is 1.50 bits per heavy atom. The molecule has 58 heavy (non-hydrogen) atoms. The van der Waals surface area contributed by atoms with Crippen LogP contribution in [0.1, 0.15) is 168 Å². The average Bonchev–Trinajstić information content (AvgIpc) is 3.17. The molecule has 1 unspecified atom stereocenters. The van der Waals surface area contributed by atoms with Gasteiger partial charge in [0.05, 0.1) is 27.7 Å². The highest BCUT2D eigenvalue weighted by Crippen LogP contribution is 2.38. The standard InChI is InChI=1S/C48H84NO8P/c1-6-8-10-12-14-16-18-20-22-23-24-25-27-29-31-33-35-37-39-41-48(51)57-46(45-56-58(52,53)55-43-42-49(3,4)5)44-54-47(50)40-38-36-34-32-30-28-26-21-19-17-15-13-11-9-7-2/h8,10,14,16-17,19-20,22,24-25,29,31,46H,6-7,9,11-13,15,18,21,23,26-28,30,32-45H2,1-5H3/b10-8+,16-14+,19-17+,22-20+,25-24+,31-29+/t46-/m1/s1. The van der Waals surface area contributed by atoms with Crippen LogP contribution in [0.25, 0.3) is 0 Å². The van der Waals surface area contributed by atoms with Crippen molar-refractivity contribution in [1.29, 1.82) is 0 Å². The molecule has 0 saturated carbocycles. The quantitative estimate of drug-likeness (QED) is 0.0197. The van der Waals surface area contributed by atoms with Gasteiger partial charge >= 0.3 is 11.9 Å². The number of rotatable bonds is 40. The summed E-state index contributed by atoms with van der Waals surface area (Å²) in [5.41, 5.74) is 0. The first kappa shape index (κ1) is 55.5. The number of esters is 2. The molecular formula is C48H84NO8P. The fourth-order valence-corrected chi connectivity index (χ4v) is 6.40. The third kappa shape index (κ3) is 43.0. The molecule has 0 radical (unpaired) electrons. The molecule has 0 aliphatic rings. The van der Waals surface area contributed by atoms with Crippen molar-refractivity contribution >= 4 is 19.8 Å². The summed E-state index contributed by atoms with van der Waals surface area (Å²) in [7, 11) is 1.13. The first-order valence-corrected chi connectivity index (χ1v) is 24.1. The maximum absolute atomic E-state index is 12.7. The van der Waals surface area contributed by atoms with E-state index in [9.17, 15) is 19.0 Å². The number of hydrogen-bond donors (Lipinski definition) is 0. The highest BCUT2D eigenvalue weighted by Gasteiger charge is 2.21. The number of quaternary nitrogens is 1. The van der Waals surface area contributed by atoms with E-state index in [4.69, 9.17) is 18.5 Å². The lowest BCUT2D eigenvalue weighted by molar-refractivity contribution is -0.870. The Kier molecular flexibility index (Phi) is 38.1. The Morgan fingerprint density at radius 1 is 0.552 bits per heavy atom. The number of allylic oxidation sites excluding steroid dienone is 12. The topological polar surface area (TPSA) is 111 Å². The predicted molar refractivity (Wildman–Crippen MR) is 240 cm³/mol. The van der Waals surface area contributed by atoms with Crippen molar-refractivity contribution < 1.29 is 42.1 Å². The minimum Gasteiger partial charge on any atom is -0.756 e. The van der Waals surface area contributed by atoms with Gasteiger partial charge in [-0.15, -0.1) is 0 Å². The van der Waals surface area contributed by atoms with E-state index in [1.165, 1.54) is 51.4 Å². The Hall–Kier alpha value is -2.55. The summed E-state index contributed by atoms with van der Waals surface area (Å²) >= 11 is 0. The summed E-state index contributed by atoms with van der Waals surface area (Å²) < 4.78 is 33.9. The Balaban J connectivity index is 4.43. The molecule has 0 amide bonds. The molecule has 0 aromatic carbocycles. The van der Waals surface area contributed by atoms with Crippen LogP contribution in [0.3, 0.4) is 0 Å². The first-order valence-electron chi connectivity index (χ1n) is 22.6. The third-order valence-electron chi connectivity index (χ3n) is 9.21. The van der Waals surface area contributed by atoms with E-state index in [1.54, 1.807) is 0 Å². The molecule has 9 nitrogen and oxygen atoms in total. The predicted octanol–water partition coefficient (Wildman–Crippen LogP) is 12.4. The van der Waals surface area contributed by atoms with Crippen molar-refractivity contribution in [3.05, 3.63) is 72.9 Å². The van der Waals surface area contributed by atoms with E-state index in [1.807, 2.05) is 21.1 Å². The van der Waals surface area contributed by atoms with Crippen LogP contribution < -0.4 is 4.89 Å². The van der Waals surface area contributed by atoms with Crippen molar-refractivity contribution in [3.63, 3.8) is 0 Å². The number of phosphoric acid groups is 1. The van der Waals surface area contributed by atoms with Crippen molar-refractivity contribution in [2.75, 3.05) is 47.5 Å². The van der Waals surface area contributed by atoms with Crippen LogP contribution in [-0.4, -0.2) is 70.0 Å². The molecular weight excluding hydrogens is 750 g/mol. The maximum atomic E-state index is 12.7. The number of likely N-dealkylation sites (N-methyl/N-ethyl adjacent to an activating group) is 1. The van der Waals surface area contributed by atoms with Crippen LogP contribution in [0.2, 0.25) is 0 Å². The van der Waals surface area contributed by atoms with Crippen LogP contribution in [0.15, 0.2) is 72.9 Å². The first-order chi connectivity index (χ1) is 28.0. The largest absolute Gasteiger partial charge is 0.756 e. The molecule has 0 aliphatic heterocycles. The zero-order valence-corrected chi connectivity index (χ0v) is 38.4. The zero-order valence-electron chi connectivity index (χ0n) is 37.5. The van der Waals surface area contributed by atoms with E-state index in [2.05, 4.69) is 86.8 Å². The highest BCUT2D eigenvalue weighted by molar-refractivity contribution is 7.45. The fourth-order valence-electron chi connectivity index (χ4n) is 5.67. The Bertz CT molecular complexity index is 1220. The van der Waals surface area contributed by atoms with Gasteiger partial charge in [-0.3, -0.25) is 14.2 Å². The van der Waals surface area contributed by atoms with Crippen LogP contribution in [0, 0.1) is 0 Å². The number of carbonyl (C=O) groups is 2. The number of unbranched alkanes of at least 4 members (excludes halogenated alkanes) is 14. The molecule has 0 saturated heterocycles. The SMILES string of the molecule is CC/C=C/C/C=C/C/C=C/C/C=C/C/C=C/CCCCCC(=O)O[C@H](COC(=O)CCCCCCCCC/C=C/CCCCCC)COP(=O)([O-])OCC[N+](C)(C)C. The van der Waals surface area contributed by atoms with Gasteiger partial charge in [0.1, 0.15) is 19.8 Å². The number of phosphoric ester groups is 1. The molecule has 2 atom stereocenters. The summed E-state index contributed by atoms with van der Waals surface area (Å²) in [6, 6.07) is 0. The number of hydrogen-bond acceptors (Lipinski definition) is 8. The lowest BCUT2D eigenvalue weighted by Gasteiger charge is -2.28. The number of ether oxygens (including phenoxy) is 2. The second-order valence-corrected chi connectivity index (χ2v) is 17.4. The maximum Gasteiger partial charge on any atom is 0.306 e. The number of carbonyl (C=O) groups excluding carboxylic acids is 2. The molecule has 10 heteroatoms. The van der Waals surface area contributed by atoms with Gasteiger partial charge in [0, 0.05) is 12.8 Å². The normalized spacial score (nSPS) is 14.2. The van der Waals surface area contributed by atoms with Crippen LogP contribution in [-0.2, 0) is 32.7 Å². The molecule has 0 spiro atoms. The van der Waals surface area contributed by atoms with Gasteiger partial charge in [0.25, 0.3) is 7.82 Å². The molecule has 0 heterocycles. The highest BCUT2D eigenvalue weighted by atomic mass is 31.2.